The molecule has 18 heteroatoms. The number of benzene rings is 3. The minimum atomic E-state index is -4.59. The molecular weight excluding hydrogens is 935 g/mol. The molecule has 4 aliphatic rings. The van der Waals surface area contributed by atoms with Crippen molar-refractivity contribution in [3.05, 3.63) is 136 Å². The monoisotopic (exact) mass is 997 g/mol. The van der Waals surface area contributed by atoms with Gasteiger partial charge in [-0.15, -0.1) is 0 Å². The van der Waals surface area contributed by atoms with Gasteiger partial charge in [0.05, 0.1) is 46.2 Å². The van der Waals surface area contributed by atoms with Crippen LogP contribution in [0.5, 0.6) is 17.2 Å². The summed E-state index contributed by atoms with van der Waals surface area (Å²) in [5.41, 5.74) is 4.40. The van der Waals surface area contributed by atoms with E-state index >= 15 is 0 Å². The standard InChI is InChI=1S/C54H63N9O8S/c1-35(2)44-7-5-6-8-45(44)49-32-60(31-38-9-11-41(70-4)29-56-38)21-22-62(49)40-26-54(27-40)33-61(34-54)39-10-13-46(50(24-39)71-42-23-37-17-20-55-51(37)58-30-42)52(64)59-72(68,69)43-12-14-47(48(25-43)63(66)67)57-28-36-15-18-53(3,65)19-16-36/h5-14,17,20,23-25,29-30,35-36,40,49,57,65H,15-16,18-19,21-22,26-28,31-34H2,1-4H3,(H,55,58)(H,59,64)/t36-,49-,53-/m0/s1. The number of nitrogens with zero attached hydrogens (tertiary/aromatic N) is 6. The first-order valence-corrected chi connectivity index (χ1v) is 26.4. The van der Waals surface area contributed by atoms with Crippen molar-refractivity contribution < 1.29 is 32.7 Å². The molecule has 2 saturated carbocycles. The first-order chi connectivity index (χ1) is 34.5. The summed E-state index contributed by atoms with van der Waals surface area (Å²) < 4.78 is 41.5. The first kappa shape index (κ1) is 49.0. The van der Waals surface area contributed by atoms with Crippen LogP contribution in [-0.4, -0.2) is 107 Å². The number of carbonyl (C=O) groups excluding carboxylic acids is 1. The molecule has 4 N–H and O–H groups in total. The Morgan fingerprint density at radius 2 is 1.75 bits per heavy atom. The molecule has 2 aliphatic carbocycles. The number of aromatic nitrogens is 3. The second-order valence-corrected chi connectivity index (χ2v) is 22.6. The van der Waals surface area contributed by atoms with Crippen molar-refractivity contribution in [1.29, 1.82) is 0 Å². The molecule has 6 aromatic rings. The van der Waals surface area contributed by atoms with Crippen LogP contribution in [0.2, 0.25) is 0 Å². The van der Waals surface area contributed by atoms with Gasteiger partial charge in [-0.25, -0.2) is 18.1 Å². The lowest BCUT2D eigenvalue weighted by Crippen LogP contribution is -2.68. The molecule has 2 saturated heterocycles. The van der Waals surface area contributed by atoms with Crippen molar-refractivity contribution >= 4 is 44.0 Å². The number of ether oxygens (including phenoxy) is 2. The number of aromatic amines is 1. The molecule has 1 atom stereocenters. The molecule has 17 nitrogen and oxygen atoms in total. The van der Waals surface area contributed by atoms with Gasteiger partial charge in [0, 0.05) is 92.7 Å². The topological polar surface area (TPSA) is 208 Å². The van der Waals surface area contributed by atoms with Gasteiger partial charge in [-0.2, -0.15) is 0 Å². The second kappa shape index (κ2) is 19.8. The van der Waals surface area contributed by atoms with E-state index < -0.39 is 37.0 Å². The lowest BCUT2D eigenvalue weighted by atomic mass is 9.59. The average molecular weight is 998 g/mol. The van der Waals surface area contributed by atoms with Crippen molar-refractivity contribution in [2.45, 2.75) is 94.3 Å². The number of piperazine rings is 1. The zero-order valence-corrected chi connectivity index (χ0v) is 42.0. The number of rotatable bonds is 16. The molecule has 2 aliphatic heterocycles. The second-order valence-electron chi connectivity index (χ2n) is 20.9. The Kier molecular flexibility index (Phi) is 13.5. The zero-order chi connectivity index (χ0) is 50.4. The molecule has 378 valence electrons. The van der Waals surface area contributed by atoms with Gasteiger partial charge < -0.3 is 29.8 Å². The molecule has 0 bridgehead atoms. The average Bonchev–Trinajstić information content (AvgIpc) is 3.81. The van der Waals surface area contributed by atoms with Crippen LogP contribution in [0.15, 0.2) is 108 Å². The number of methoxy groups -OCH3 is 1. The molecule has 1 spiro atoms. The maximum Gasteiger partial charge on any atom is 0.293 e. The van der Waals surface area contributed by atoms with Crippen LogP contribution in [0.1, 0.15) is 98.4 Å². The van der Waals surface area contributed by atoms with Crippen molar-refractivity contribution in [2.24, 2.45) is 11.3 Å². The van der Waals surface area contributed by atoms with Gasteiger partial charge in [0.25, 0.3) is 21.6 Å². The van der Waals surface area contributed by atoms with Crippen molar-refractivity contribution in [1.82, 2.24) is 29.5 Å². The van der Waals surface area contributed by atoms with E-state index in [-0.39, 0.29) is 34.4 Å². The van der Waals surface area contributed by atoms with Gasteiger partial charge in [0.2, 0.25) is 0 Å². The lowest BCUT2D eigenvalue weighted by molar-refractivity contribution is -0.384. The number of hydrogen-bond acceptors (Lipinski definition) is 14. The number of sulfonamides is 1. The van der Waals surface area contributed by atoms with Gasteiger partial charge >= 0.3 is 0 Å². The van der Waals surface area contributed by atoms with Crippen LogP contribution in [0.4, 0.5) is 17.1 Å². The number of pyridine rings is 2. The predicted molar refractivity (Wildman–Crippen MR) is 275 cm³/mol. The summed E-state index contributed by atoms with van der Waals surface area (Å²) in [6, 6.07) is 25.9. The lowest BCUT2D eigenvalue weighted by Gasteiger charge is -2.63. The van der Waals surface area contributed by atoms with Crippen LogP contribution in [0, 0.1) is 21.4 Å². The summed E-state index contributed by atoms with van der Waals surface area (Å²) >= 11 is 0. The fourth-order valence-electron chi connectivity index (χ4n) is 11.3. The molecule has 0 unspecified atom stereocenters. The summed E-state index contributed by atoms with van der Waals surface area (Å²) in [6.07, 6.45) is 9.99. The number of nitro benzene ring substituents is 1. The summed E-state index contributed by atoms with van der Waals surface area (Å²) in [7, 11) is -2.94. The third kappa shape index (κ3) is 10.4. The first-order valence-electron chi connectivity index (χ1n) is 24.9. The van der Waals surface area contributed by atoms with E-state index in [4.69, 9.17) is 9.47 Å². The van der Waals surface area contributed by atoms with Crippen LogP contribution in [0.25, 0.3) is 11.0 Å². The Labute approximate surface area is 420 Å². The van der Waals surface area contributed by atoms with Gasteiger partial charge in [0.15, 0.2) is 0 Å². The highest BCUT2D eigenvalue weighted by atomic mass is 32.2. The number of fused-ring (bicyclic) bond motifs is 1. The number of hydrogen-bond donors (Lipinski definition) is 4. The largest absolute Gasteiger partial charge is 0.495 e. The quantitative estimate of drug-likeness (QED) is 0.0528. The molecular formula is C54H63N9O8S. The molecule has 10 rings (SSSR count). The Balaban J connectivity index is 0.839. The molecule has 0 radical (unpaired) electrons. The van der Waals surface area contributed by atoms with E-state index in [9.17, 15) is 28.4 Å². The molecule has 72 heavy (non-hydrogen) atoms. The summed E-state index contributed by atoms with van der Waals surface area (Å²) in [6.45, 7) is 12.0. The molecule has 3 aromatic heterocycles. The highest BCUT2D eigenvalue weighted by Crippen LogP contribution is 2.54. The SMILES string of the molecule is COc1ccc(CN2CCN(C3CC4(C3)CN(c3ccc(C(=O)NS(=O)(=O)c5ccc(NC[C@H]6CC[C@](C)(O)CC6)c([N+](=O)[O-])c5)c(Oc5cnc6[nH]ccc6c5)c3)C4)[C@H](c3ccccc3C(C)C)C2)nc1. The van der Waals surface area contributed by atoms with E-state index in [0.29, 0.717) is 42.7 Å². The third-order valence-electron chi connectivity index (χ3n) is 15.4. The number of nitro groups is 1. The van der Waals surface area contributed by atoms with E-state index in [0.717, 1.165) is 93.5 Å². The van der Waals surface area contributed by atoms with E-state index in [2.05, 4.69) is 77.8 Å². The zero-order valence-electron chi connectivity index (χ0n) is 41.2. The third-order valence-corrected chi connectivity index (χ3v) is 16.7. The Morgan fingerprint density at radius 3 is 2.49 bits per heavy atom. The minimum Gasteiger partial charge on any atom is -0.495 e. The fourth-order valence-corrected chi connectivity index (χ4v) is 12.3. The van der Waals surface area contributed by atoms with Gasteiger partial charge in [-0.1, -0.05) is 38.1 Å². The van der Waals surface area contributed by atoms with Gasteiger partial charge in [-0.05, 0) is 117 Å². The van der Waals surface area contributed by atoms with Crippen LogP contribution in [-0.2, 0) is 16.6 Å². The van der Waals surface area contributed by atoms with Crippen molar-refractivity contribution in [3.63, 3.8) is 0 Å². The smallest absolute Gasteiger partial charge is 0.293 e. The number of H-pyrrole nitrogens is 1. The van der Waals surface area contributed by atoms with Gasteiger partial charge in [-0.3, -0.25) is 29.7 Å². The summed E-state index contributed by atoms with van der Waals surface area (Å²) in [5.74, 6) is 0.862. The molecule has 3 aromatic carbocycles. The minimum absolute atomic E-state index is 0.0377. The normalized spacial score (nSPS) is 21.6. The molecule has 5 heterocycles. The van der Waals surface area contributed by atoms with E-state index in [1.165, 1.54) is 29.5 Å². The predicted octanol–water partition coefficient (Wildman–Crippen LogP) is 8.79. The van der Waals surface area contributed by atoms with Crippen molar-refractivity contribution in [3.8, 4) is 17.2 Å². The highest BCUT2D eigenvalue weighted by Gasteiger charge is 2.55. The Hall–Kier alpha value is -6.60. The summed E-state index contributed by atoms with van der Waals surface area (Å²) in [4.78, 5) is 44.9. The molecule has 1 amide bonds. The number of nitrogens with one attached hydrogen (secondary N) is 3. The van der Waals surface area contributed by atoms with E-state index in [1.54, 1.807) is 43.8 Å². The van der Waals surface area contributed by atoms with E-state index in [1.807, 2.05) is 25.1 Å². The Bertz CT molecular complexity index is 3070. The van der Waals surface area contributed by atoms with Gasteiger partial charge in [0.1, 0.15) is 28.6 Å². The number of aliphatic hydroxyl groups is 1. The maximum atomic E-state index is 14.1. The molecule has 4 fully saturated rings. The summed E-state index contributed by atoms with van der Waals surface area (Å²) in [5, 5.41) is 26.5. The Morgan fingerprint density at radius 1 is 0.972 bits per heavy atom. The fraction of sp³-hybridized carbons (Fsp3) is 0.426. The van der Waals surface area contributed by atoms with Crippen LogP contribution >= 0.6 is 0 Å². The van der Waals surface area contributed by atoms with Crippen molar-refractivity contribution in [2.75, 3.05) is 56.6 Å². The van der Waals surface area contributed by atoms with Crippen LogP contribution in [0.3, 0.4) is 0 Å². The maximum absolute atomic E-state index is 14.1. The number of anilines is 2. The number of amides is 1. The van der Waals surface area contributed by atoms with Crippen LogP contribution < -0.4 is 24.4 Å². The highest BCUT2D eigenvalue weighted by molar-refractivity contribution is 7.90. The number of carbonyl (C=O) groups is 1.